The van der Waals surface area contributed by atoms with Gasteiger partial charge in [-0.3, -0.25) is 4.79 Å². The summed E-state index contributed by atoms with van der Waals surface area (Å²) in [5, 5.41) is 0. The van der Waals surface area contributed by atoms with E-state index in [0.717, 1.165) is 6.42 Å². The highest BCUT2D eigenvalue weighted by molar-refractivity contribution is 5.82. The summed E-state index contributed by atoms with van der Waals surface area (Å²) >= 11 is 0. The topological polar surface area (TPSA) is 35.5 Å². The maximum Gasteiger partial charge on any atom is 0.164 e. The van der Waals surface area contributed by atoms with Gasteiger partial charge in [0.25, 0.3) is 0 Å². The average molecular weight is 220 g/mol. The van der Waals surface area contributed by atoms with Crippen LogP contribution in [0.15, 0.2) is 30.3 Å². The van der Waals surface area contributed by atoms with Crippen LogP contribution in [0.2, 0.25) is 0 Å². The molecule has 1 aliphatic rings. The monoisotopic (exact) mass is 220 g/mol. The molecule has 0 saturated carbocycles. The van der Waals surface area contributed by atoms with Crippen molar-refractivity contribution in [1.29, 1.82) is 0 Å². The quantitative estimate of drug-likeness (QED) is 0.779. The molecular formula is C13H16O3. The van der Waals surface area contributed by atoms with E-state index in [1.165, 1.54) is 5.56 Å². The van der Waals surface area contributed by atoms with Crippen LogP contribution in [0, 0.1) is 5.92 Å². The molecule has 0 bridgehead atoms. The first kappa shape index (κ1) is 11.3. The van der Waals surface area contributed by atoms with E-state index in [0.29, 0.717) is 13.0 Å². The highest BCUT2D eigenvalue weighted by Gasteiger charge is 2.29. The molecule has 1 aromatic rings. The van der Waals surface area contributed by atoms with Crippen LogP contribution >= 0.6 is 0 Å². The molecule has 0 unspecified atom stereocenters. The number of ether oxygens (including phenoxy) is 2. The van der Waals surface area contributed by atoms with Gasteiger partial charge in [0, 0.05) is 13.0 Å². The summed E-state index contributed by atoms with van der Waals surface area (Å²) in [4.78, 5) is 11.8. The molecule has 86 valence electrons. The summed E-state index contributed by atoms with van der Waals surface area (Å²) in [7, 11) is 1.56. The SMILES string of the molecule is CO[C@H]1CC(=O)[C@@H](Cc2ccccc2)CO1. The van der Waals surface area contributed by atoms with Gasteiger partial charge in [-0.15, -0.1) is 0 Å². The average Bonchev–Trinajstić information content (AvgIpc) is 2.33. The first-order valence-electron chi connectivity index (χ1n) is 5.50. The van der Waals surface area contributed by atoms with Crippen molar-refractivity contribution in [1.82, 2.24) is 0 Å². The largest absolute Gasteiger partial charge is 0.355 e. The molecule has 3 nitrogen and oxygen atoms in total. The summed E-state index contributed by atoms with van der Waals surface area (Å²) in [6.45, 7) is 0.465. The van der Waals surface area contributed by atoms with Crippen molar-refractivity contribution in [3.8, 4) is 0 Å². The van der Waals surface area contributed by atoms with Gasteiger partial charge in [-0.2, -0.15) is 0 Å². The van der Waals surface area contributed by atoms with E-state index in [4.69, 9.17) is 9.47 Å². The minimum Gasteiger partial charge on any atom is -0.355 e. The molecule has 2 rings (SSSR count). The molecule has 1 aliphatic heterocycles. The van der Waals surface area contributed by atoms with Gasteiger partial charge in [0.2, 0.25) is 0 Å². The van der Waals surface area contributed by atoms with E-state index in [2.05, 4.69) is 0 Å². The summed E-state index contributed by atoms with van der Waals surface area (Å²) in [5.74, 6) is 0.218. The van der Waals surface area contributed by atoms with Gasteiger partial charge in [-0.1, -0.05) is 30.3 Å². The fraction of sp³-hybridized carbons (Fsp3) is 0.462. The van der Waals surface area contributed by atoms with Crippen LogP contribution in [0.25, 0.3) is 0 Å². The van der Waals surface area contributed by atoms with Gasteiger partial charge < -0.3 is 9.47 Å². The second kappa shape index (κ2) is 5.23. The molecule has 2 atom stereocenters. The third-order valence-corrected chi connectivity index (χ3v) is 2.89. The van der Waals surface area contributed by atoms with E-state index < -0.39 is 0 Å². The number of ketones is 1. The van der Waals surface area contributed by atoms with Gasteiger partial charge in [0.1, 0.15) is 5.78 Å². The molecule has 1 heterocycles. The Balaban J connectivity index is 1.94. The predicted molar refractivity (Wildman–Crippen MR) is 60.0 cm³/mol. The number of carbonyl (C=O) groups is 1. The lowest BCUT2D eigenvalue weighted by atomic mass is 9.92. The summed E-state index contributed by atoms with van der Waals surface area (Å²) in [6.07, 6.45) is 0.781. The first-order chi connectivity index (χ1) is 7.79. The molecule has 0 N–H and O–H groups in total. The smallest absolute Gasteiger partial charge is 0.164 e. The van der Waals surface area contributed by atoms with Crippen molar-refractivity contribution >= 4 is 5.78 Å². The van der Waals surface area contributed by atoms with Gasteiger partial charge in [-0.25, -0.2) is 0 Å². The number of Topliss-reactive ketones (excluding diaryl/α,β-unsaturated/α-hetero) is 1. The molecule has 0 amide bonds. The molecule has 0 spiro atoms. The number of methoxy groups -OCH3 is 1. The third-order valence-electron chi connectivity index (χ3n) is 2.89. The summed E-state index contributed by atoms with van der Waals surface area (Å²) in [5.41, 5.74) is 1.18. The third kappa shape index (κ3) is 2.68. The fourth-order valence-corrected chi connectivity index (χ4v) is 1.93. The van der Waals surface area contributed by atoms with E-state index in [-0.39, 0.29) is 18.0 Å². The zero-order chi connectivity index (χ0) is 11.4. The Hall–Kier alpha value is -1.19. The lowest BCUT2D eigenvalue weighted by Crippen LogP contribution is -2.35. The molecular weight excluding hydrogens is 204 g/mol. The van der Waals surface area contributed by atoms with Crippen molar-refractivity contribution in [2.45, 2.75) is 19.1 Å². The summed E-state index contributed by atoms with van der Waals surface area (Å²) in [6, 6.07) is 10.0. The maximum absolute atomic E-state index is 11.8. The van der Waals surface area contributed by atoms with Crippen molar-refractivity contribution in [3.05, 3.63) is 35.9 Å². The Labute approximate surface area is 95.4 Å². The minimum atomic E-state index is -0.348. The number of benzene rings is 1. The van der Waals surface area contributed by atoms with Crippen molar-refractivity contribution in [2.24, 2.45) is 5.92 Å². The van der Waals surface area contributed by atoms with Crippen LogP contribution in [0.1, 0.15) is 12.0 Å². The normalized spacial score (nSPS) is 25.7. The van der Waals surface area contributed by atoms with Crippen LogP contribution in [-0.4, -0.2) is 25.8 Å². The van der Waals surface area contributed by atoms with Crippen LogP contribution in [0.4, 0.5) is 0 Å². The van der Waals surface area contributed by atoms with E-state index in [9.17, 15) is 4.79 Å². The van der Waals surface area contributed by atoms with E-state index in [1.807, 2.05) is 30.3 Å². The van der Waals surface area contributed by atoms with Gasteiger partial charge >= 0.3 is 0 Å². The first-order valence-corrected chi connectivity index (χ1v) is 5.50. The highest BCUT2D eigenvalue weighted by Crippen LogP contribution is 2.19. The lowest BCUT2D eigenvalue weighted by molar-refractivity contribution is -0.171. The zero-order valence-corrected chi connectivity index (χ0v) is 9.39. The van der Waals surface area contributed by atoms with Crippen LogP contribution in [0.5, 0.6) is 0 Å². The minimum absolute atomic E-state index is 0.0196. The molecule has 1 aromatic carbocycles. The Bertz CT molecular complexity index is 347. The number of rotatable bonds is 3. The highest BCUT2D eigenvalue weighted by atomic mass is 16.7. The Morgan fingerprint density at radius 1 is 1.38 bits per heavy atom. The lowest BCUT2D eigenvalue weighted by Gasteiger charge is -2.26. The van der Waals surface area contributed by atoms with Gasteiger partial charge in [-0.05, 0) is 12.0 Å². The maximum atomic E-state index is 11.8. The molecule has 3 heteroatoms. The molecule has 0 radical (unpaired) electrons. The summed E-state index contributed by atoms with van der Waals surface area (Å²) < 4.78 is 10.5. The van der Waals surface area contributed by atoms with Crippen molar-refractivity contribution < 1.29 is 14.3 Å². The second-order valence-electron chi connectivity index (χ2n) is 4.06. The van der Waals surface area contributed by atoms with E-state index in [1.54, 1.807) is 7.11 Å². The van der Waals surface area contributed by atoms with Gasteiger partial charge in [0.15, 0.2) is 6.29 Å². The van der Waals surface area contributed by atoms with Gasteiger partial charge in [0.05, 0.1) is 13.0 Å². The molecule has 0 aliphatic carbocycles. The Kier molecular flexibility index (Phi) is 3.70. The zero-order valence-electron chi connectivity index (χ0n) is 9.39. The molecule has 0 aromatic heterocycles. The Morgan fingerprint density at radius 3 is 2.75 bits per heavy atom. The molecule has 16 heavy (non-hydrogen) atoms. The standard InChI is InChI=1S/C13H16O3/c1-15-13-8-12(14)11(9-16-13)7-10-5-3-2-4-6-10/h2-6,11,13H,7-9H2,1H3/t11-,13+/m0/s1. The molecule has 1 saturated heterocycles. The van der Waals surface area contributed by atoms with Crippen LogP contribution < -0.4 is 0 Å². The van der Waals surface area contributed by atoms with Crippen LogP contribution in [0.3, 0.4) is 0 Å². The van der Waals surface area contributed by atoms with E-state index >= 15 is 0 Å². The predicted octanol–water partition coefficient (Wildman–Crippen LogP) is 1.81. The Morgan fingerprint density at radius 2 is 2.12 bits per heavy atom. The fourth-order valence-electron chi connectivity index (χ4n) is 1.93. The number of hydrogen-bond acceptors (Lipinski definition) is 3. The second-order valence-corrected chi connectivity index (χ2v) is 4.06. The number of carbonyl (C=O) groups excluding carboxylic acids is 1. The van der Waals surface area contributed by atoms with Crippen molar-refractivity contribution in [2.75, 3.05) is 13.7 Å². The molecule has 1 fully saturated rings. The van der Waals surface area contributed by atoms with Crippen molar-refractivity contribution in [3.63, 3.8) is 0 Å². The van der Waals surface area contributed by atoms with Crippen LogP contribution in [-0.2, 0) is 20.7 Å². The number of hydrogen-bond donors (Lipinski definition) is 0.